The van der Waals surface area contributed by atoms with Gasteiger partial charge in [-0.05, 0) is 42.0 Å². The van der Waals surface area contributed by atoms with Crippen molar-refractivity contribution < 1.29 is 23.4 Å². The highest BCUT2D eigenvalue weighted by atomic mass is 19.1. The van der Waals surface area contributed by atoms with Crippen LogP contribution in [0.2, 0.25) is 0 Å². The quantitative estimate of drug-likeness (QED) is 0.586. The Hall–Kier alpha value is -3.44. The van der Waals surface area contributed by atoms with Crippen molar-refractivity contribution in [3.63, 3.8) is 0 Å². The van der Waals surface area contributed by atoms with Crippen molar-refractivity contribution in [2.45, 2.75) is 26.1 Å². The summed E-state index contributed by atoms with van der Waals surface area (Å²) in [6.45, 7) is 4.00. The van der Waals surface area contributed by atoms with Crippen LogP contribution in [0.3, 0.4) is 0 Å². The number of pyridine rings is 1. The Kier molecular flexibility index (Phi) is 6.66. The van der Waals surface area contributed by atoms with E-state index in [0.29, 0.717) is 49.0 Å². The number of benzene rings is 1. The number of nitrogens with one attached hydrogen (secondary N) is 1. The first kappa shape index (κ1) is 21.8. The lowest BCUT2D eigenvalue weighted by Crippen LogP contribution is -2.32. The van der Waals surface area contributed by atoms with E-state index in [1.54, 1.807) is 25.1 Å². The molecule has 0 radical (unpaired) electrons. The summed E-state index contributed by atoms with van der Waals surface area (Å²) in [5, 5.41) is 15.3. The van der Waals surface area contributed by atoms with Gasteiger partial charge in [0, 0.05) is 17.8 Å². The second kappa shape index (κ2) is 9.79. The van der Waals surface area contributed by atoms with Crippen molar-refractivity contribution in [3.8, 4) is 17.1 Å². The van der Waals surface area contributed by atoms with Gasteiger partial charge in [0.1, 0.15) is 11.8 Å². The van der Waals surface area contributed by atoms with Gasteiger partial charge >= 0.3 is 0 Å². The van der Waals surface area contributed by atoms with Gasteiger partial charge < -0.3 is 19.5 Å². The molecule has 4 rings (SSSR count). The molecule has 1 aliphatic rings. The number of methoxy groups -OCH3 is 1. The van der Waals surface area contributed by atoms with Crippen LogP contribution >= 0.6 is 0 Å². The minimum absolute atomic E-state index is 0.118. The van der Waals surface area contributed by atoms with Crippen LogP contribution in [-0.4, -0.2) is 64.1 Å². The van der Waals surface area contributed by atoms with Gasteiger partial charge in [0.05, 0.1) is 33.5 Å². The number of aryl methyl sites for hydroxylation is 1. The smallest absolute Gasteiger partial charge is 0.270 e. The number of amides is 1. The maximum atomic E-state index is 13.6. The van der Waals surface area contributed by atoms with Crippen molar-refractivity contribution in [1.29, 1.82) is 0 Å². The second-order valence-corrected chi connectivity index (χ2v) is 7.27. The lowest BCUT2D eigenvalue weighted by Gasteiger charge is -2.21. The third kappa shape index (κ3) is 5.24. The fraction of sp³-hybridized carbons (Fsp3) is 0.381. The Morgan fingerprint density at radius 1 is 1.31 bits per heavy atom. The van der Waals surface area contributed by atoms with Crippen LogP contribution in [0.15, 0.2) is 30.3 Å². The molecule has 1 saturated heterocycles. The summed E-state index contributed by atoms with van der Waals surface area (Å²) in [6.07, 6.45) is -0.128. The molecule has 1 unspecified atom stereocenters. The highest BCUT2D eigenvalue weighted by Gasteiger charge is 2.18. The molecule has 1 atom stereocenters. The first-order valence-electron chi connectivity index (χ1n) is 10.1. The number of halogens is 1. The van der Waals surface area contributed by atoms with E-state index in [2.05, 4.69) is 25.7 Å². The SMILES string of the molecule is COc1cc(CNC(=O)c2cc(-c3nnn(CC4COCCO4)n3)cc(C)n2)ccc1F. The van der Waals surface area contributed by atoms with Crippen molar-refractivity contribution in [3.05, 3.63) is 53.1 Å². The van der Waals surface area contributed by atoms with Crippen LogP contribution < -0.4 is 10.1 Å². The van der Waals surface area contributed by atoms with Crippen LogP contribution in [0.25, 0.3) is 11.4 Å². The molecule has 3 aromatic rings. The number of ether oxygens (including phenoxy) is 3. The number of rotatable bonds is 7. The fourth-order valence-electron chi connectivity index (χ4n) is 3.26. The Morgan fingerprint density at radius 3 is 2.97 bits per heavy atom. The van der Waals surface area contributed by atoms with Crippen LogP contribution in [0, 0.1) is 12.7 Å². The minimum atomic E-state index is -0.462. The predicted octanol–water partition coefficient (Wildman–Crippen LogP) is 1.54. The van der Waals surface area contributed by atoms with Crippen LogP contribution in [-0.2, 0) is 22.6 Å². The summed E-state index contributed by atoms with van der Waals surface area (Å²) in [7, 11) is 1.39. The summed E-state index contributed by atoms with van der Waals surface area (Å²) in [4.78, 5) is 18.4. The number of hydrogen-bond donors (Lipinski definition) is 1. The van der Waals surface area contributed by atoms with E-state index >= 15 is 0 Å². The highest BCUT2D eigenvalue weighted by Crippen LogP contribution is 2.19. The molecule has 0 spiro atoms. The topological polar surface area (TPSA) is 113 Å². The number of hydrogen-bond acceptors (Lipinski definition) is 8. The Bertz CT molecular complexity index is 1100. The molecule has 0 saturated carbocycles. The molecule has 2 aromatic heterocycles. The first-order valence-corrected chi connectivity index (χ1v) is 10.1. The lowest BCUT2D eigenvalue weighted by atomic mass is 10.1. The summed E-state index contributed by atoms with van der Waals surface area (Å²) >= 11 is 0. The maximum Gasteiger partial charge on any atom is 0.270 e. The molecule has 3 heterocycles. The number of nitrogens with zero attached hydrogens (tertiary/aromatic N) is 5. The van der Waals surface area contributed by atoms with Gasteiger partial charge in [-0.3, -0.25) is 4.79 Å². The molecule has 1 fully saturated rings. The monoisotopic (exact) mass is 442 g/mol. The molecule has 168 valence electrons. The van der Waals surface area contributed by atoms with E-state index < -0.39 is 5.82 Å². The van der Waals surface area contributed by atoms with Gasteiger partial charge in [0.25, 0.3) is 5.91 Å². The normalized spacial score (nSPS) is 16.0. The fourth-order valence-corrected chi connectivity index (χ4v) is 3.26. The lowest BCUT2D eigenvalue weighted by molar-refractivity contribution is -0.0959. The third-order valence-electron chi connectivity index (χ3n) is 4.82. The molecule has 0 bridgehead atoms. The van der Waals surface area contributed by atoms with E-state index in [4.69, 9.17) is 14.2 Å². The van der Waals surface area contributed by atoms with Gasteiger partial charge in [0.15, 0.2) is 11.6 Å². The van der Waals surface area contributed by atoms with Crippen molar-refractivity contribution >= 4 is 5.91 Å². The molecule has 32 heavy (non-hydrogen) atoms. The van der Waals surface area contributed by atoms with E-state index in [9.17, 15) is 9.18 Å². The van der Waals surface area contributed by atoms with Gasteiger partial charge in [-0.25, -0.2) is 9.37 Å². The number of carbonyl (C=O) groups is 1. The Balaban J connectivity index is 1.44. The third-order valence-corrected chi connectivity index (χ3v) is 4.82. The highest BCUT2D eigenvalue weighted by molar-refractivity contribution is 5.93. The van der Waals surface area contributed by atoms with E-state index in [1.807, 2.05) is 0 Å². The van der Waals surface area contributed by atoms with Crippen molar-refractivity contribution in [2.24, 2.45) is 0 Å². The standard InChI is InChI=1S/C21H23FN6O4/c1-13-7-15(20-25-27-28(26-20)11-16-12-31-5-6-32-16)9-18(24-13)21(29)23-10-14-3-4-17(22)19(8-14)30-2/h3-4,7-9,16H,5-6,10-12H2,1-2H3,(H,23,29). The molecular formula is C21H23FN6O4. The van der Waals surface area contributed by atoms with Crippen LogP contribution in [0.4, 0.5) is 4.39 Å². The predicted molar refractivity (Wildman–Crippen MR) is 110 cm³/mol. The van der Waals surface area contributed by atoms with Crippen molar-refractivity contribution in [2.75, 3.05) is 26.9 Å². The summed E-state index contributed by atoms with van der Waals surface area (Å²) in [5.74, 6) is -0.342. The van der Waals surface area contributed by atoms with Crippen LogP contribution in [0.1, 0.15) is 21.7 Å². The zero-order valence-electron chi connectivity index (χ0n) is 17.7. The molecule has 1 aromatic carbocycles. The number of aromatic nitrogens is 5. The van der Waals surface area contributed by atoms with E-state index in [-0.39, 0.29) is 30.0 Å². The Morgan fingerprint density at radius 2 is 2.19 bits per heavy atom. The maximum absolute atomic E-state index is 13.6. The molecule has 1 amide bonds. The van der Waals surface area contributed by atoms with Gasteiger partial charge in [-0.1, -0.05) is 6.07 Å². The molecule has 11 heteroatoms. The average Bonchev–Trinajstić information content (AvgIpc) is 3.27. The van der Waals surface area contributed by atoms with Crippen molar-refractivity contribution in [1.82, 2.24) is 30.5 Å². The molecule has 10 nitrogen and oxygen atoms in total. The molecule has 1 N–H and O–H groups in total. The van der Waals surface area contributed by atoms with Gasteiger partial charge in [-0.15, -0.1) is 10.2 Å². The van der Waals surface area contributed by atoms with Gasteiger partial charge in [-0.2, -0.15) is 4.80 Å². The molecule has 0 aliphatic carbocycles. The zero-order valence-corrected chi connectivity index (χ0v) is 17.7. The number of carbonyl (C=O) groups excluding carboxylic acids is 1. The second-order valence-electron chi connectivity index (χ2n) is 7.27. The van der Waals surface area contributed by atoms with Gasteiger partial charge in [0.2, 0.25) is 5.82 Å². The Labute approximate surface area is 183 Å². The molecule has 1 aliphatic heterocycles. The summed E-state index contributed by atoms with van der Waals surface area (Å²) in [6, 6.07) is 7.80. The average molecular weight is 442 g/mol. The molecular weight excluding hydrogens is 419 g/mol. The summed E-state index contributed by atoms with van der Waals surface area (Å²) in [5.41, 5.74) is 2.17. The van der Waals surface area contributed by atoms with E-state index in [1.165, 1.54) is 24.0 Å². The van der Waals surface area contributed by atoms with Crippen LogP contribution in [0.5, 0.6) is 5.75 Å². The first-order chi connectivity index (χ1) is 15.5. The zero-order chi connectivity index (χ0) is 22.5. The minimum Gasteiger partial charge on any atom is -0.494 e. The largest absolute Gasteiger partial charge is 0.494 e. The summed E-state index contributed by atoms with van der Waals surface area (Å²) < 4.78 is 29.5. The number of tetrazole rings is 1. The van der Waals surface area contributed by atoms with E-state index in [0.717, 1.165) is 0 Å².